The van der Waals surface area contributed by atoms with Crippen LogP contribution in [0, 0.1) is 11.8 Å². The largest absolute Gasteiger partial charge is 0.349 e. The second-order valence-electron chi connectivity index (χ2n) is 7.53. The van der Waals surface area contributed by atoms with Gasteiger partial charge in [0, 0.05) is 18.3 Å². The number of nitrogens with one attached hydrogen (secondary N) is 1. The Morgan fingerprint density at radius 1 is 1.04 bits per heavy atom. The molecule has 1 aromatic heterocycles. The fraction of sp³-hybridized carbons (Fsp3) is 0.455. The predicted molar refractivity (Wildman–Crippen MR) is 99.0 cm³/mol. The van der Waals surface area contributed by atoms with Gasteiger partial charge in [0.25, 0.3) is 0 Å². The zero-order valence-corrected chi connectivity index (χ0v) is 14.6. The van der Waals surface area contributed by atoms with Crippen LogP contribution in [-0.2, 0) is 4.79 Å². The Morgan fingerprint density at radius 3 is 2.56 bits per heavy atom. The van der Waals surface area contributed by atoms with Crippen LogP contribution in [0.15, 0.2) is 54.9 Å². The molecule has 3 heteroatoms. The van der Waals surface area contributed by atoms with E-state index in [-0.39, 0.29) is 17.9 Å². The van der Waals surface area contributed by atoms with E-state index in [1.165, 1.54) is 43.2 Å². The lowest BCUT2D eigenvalue weighted by Gasteiger charge is -2.31. The van der Waals surface area contributed by atoms with E-state index in [2.05, 4.69) is 40.6 Å². The molecule has 0 radical (unpaired) electrons. The Hall–Kier alpha value is -2.16. The average molecular weight is 334 g/mol. The van der Waals surface area contributed by atoms with Crippen molar-refractivity contribution in [2.45, 2.75) is 50.5 Å². The van der Waals surface area contributed by atoms with Crippen LogP contribution in [0.2, 0.25) is 0 Å². The molecule has 2 aliphatic rings. The third-order valence-corrected chi connectivity index (χ3v) is 5.82. The molecule has 1 heterocycles. The van der Waals surface area contributed by atoms with Crippen molar-refractivity contribution in [3.63, 3.8) is 0 Å². The van der Waals surface area contributed by atoms with Crippen molar-refractivity contribution in [3.05, 3.63) is 66.0 Å². The summed E-state index contributed by atoms with van der Waals surface area (Å²) in [4.78, 5) is 17.1. The maximum Gasteiger partial charge on any atom is 0.224 e. The summed E-state index contributed by atoms with van der Waals surface area (Å²) in [5.74, 6) is 1.24. The van der Waals surface area contributed by atoms with Gasteiger partial charge >= 0.3 is 0 Å². The first kappa shape index (κ1) is 16.3. The topological polar surface area (TPSA) is 42.0 Å². The van der Waals surface area contributed by atoms with Crippen molar-refractivity contribution in [2.75, 3.05) is 0 Å². The molecule has 0 saturated heterocycles. The first-order valence-electron chi connectivity index (χ1n) is 9.58. The fourth-order valence-corrected chi connectivity index (χ4v) is 4.31. The molecular weight excluding hydrogens is 308 g/mol. The summed E-state index contributed by atoms with van der Waals surface area (Å²) >= 11 is 0. The minimum Gasteiger partial charge on any atom is -0.349 e. The number of benzene rings is 1. The Labute approximate surface area is 149 Å². The quantitative estimate of drug-likeness (QED) is 0.866. The van der Waals surface area contributed by atoms with Gasteiger partial charge < -0.3 is 5.32 Å². The Kier molecular flexibility index (Phi) is 4.82. The van der Waals surface area contributed by atoms with Gasteiger partial charge in [-0.2, -0.15) is 0 Å². The van der Waals surface area contributed by atoms with Crippen molar-refractivity contribution >= 4 is 5.91 Å². The van der Waals surface area contributed by atoms with Crippen LogP contribution in [0.3, 0.4) is 0 Å². The second kappa shape index (κ2) is 7.38. The van der Waals surface area contributed by atoms with Crippen LogP contribution in [0.5, 0.6) is 0 Å². The SMILES string of the molecule is O=C(N[C@H](c1ccccc1)C1CCCCC1)[C@@H]1C[C@@H]1c1cccnc1. The van der Waals surface area contributed by atoms with Crippen molar-refractivity contribution in [2.24, 2.45) is 11.8 Å². The molecule has 1 aromatic carbocycles. The van der Waals surface area contributed by atoms with Crippen molar-refractivity contribution in [1.29, 1.82) is 0 Å². The molecule has 0 bridgehead atoms. The highest BCUT2D eigenvalue weighted by molar-refractivity contribution is 5.83. The monoisotopic (exact) mass is 334 g/mol. The molecule has 1 N–H and O–H groups in total. The van der Waals surface area contributed by atoms with Crippen molar-refractivity contribution < 1.29 is 4.79 Å². The van der Waals surface area contributed by atoms with Crippen LogP contribution in [0.4, 0.5) is 0 Å². The normalized spacial score (nSPS) is 24.5. The van der Waals surface area contributed by atoms with Gasteiger partial charge in [-0.1, -0.05) is 55.7 Å². The third-order valence-electron chi connectivity index (χ3n) is 5.82. The molecule has 130 valence electrons. The molecule has 2 saturated carbocycles. The highest BCUT2D eigenvalue weighted by Gasteiger charge is 2.45. The van der Waals surface area contributed by atoms with E-state index in [1.807, 2.05) is 18.3 Å². The summed E-state index contributed by atoms with van der Waals surface area (Å²) < 4.78 is 0. The molecule has 0 aliphatic heterocycles. The Balaban J connectivity index is 1.46. The molecule has 25 heavy (non-hydrogen) atoms. The van der Waals surface area contributed by atoms with Gasteiger partial charge in [0.05, 0.1) is 6.04 Å². The molecule has 2 aromatic rings. The second-order valence-corrected chi connectivity index (χ2v) is 7.53. The molecule has 1 amide bonds. The predicted octanol–water partition coefficient (Wildman–Crippen LogP) is 4.62. The number of nitrogens with zero attached hydrogens (tertiary/aromatic N) is 1. The smallest absolute Gasteiger partial charge is 0.224 e. The Bertz CT molecular complexity index is 694. The number of rotatable bonds is 5. The van der Waals surface area contributed by atoms with E-state index in [1.54, 1.807) is 6.20 Å². The van der Waals surface area contributed by atoms with Gasteiger partial charge in [-0.05, 0) is 48.3 Å². The van der Waals surface area contributed by atoms with Gasteiger partial charge in [0.15, 0.2) is 0 Å². The van der Waals surface area contributed by atoms with Crippen molar-refractivity contribution in [1.82, 2.24) is 10.3 Å². The molecule has 4 rings (SSSR count). The fourth-order valence-electron chi connectivity index (χ4n) is 4.31. The van der Waals surface area contributed by atoms with E-state index in [9.17, 15) is 4.79 Å². The van der Waals surface area contributed by atoms with E-state index in [0.717, 1.165) is 6.42 Å². The number of aromatic nitrogens is 1. The summed E-state index contributed by atoms with van der Waals surface area (Å²) in [5, 5.41) is 3.41. The zero-order valence-electron chi connectivity index (χ0n) is 14.6. The molecule has 2 aliphatic carbocycles. The maximum absolute atomic E-state index is 12.9. The number of amides is 1. The summed E-state index contributed by atoms with van der Waals surface area (Å²) in [7, 11) is 0. The van der Waals surface area contributed by atoms with E-state index in [0.29, 0.717) is 11.8 Å². The third kappa shape index (κ3) is 3.76. The molecule has 0 unspecified atom stereocenters. The molecule has 0 spiro atoms. The minimum atomic E-state index is 0.110. The van der Waals surface area contributed by atoms with E-state index >= 15 is 0 Å². The zero-order chi connectivity index (χ0) is 17.1. The van der Waals surface area contributed by atoms with E-state index in [4.69, 9.17) is 0 Å². The first-order valence-corrected chi connectivity index (χ1v) is 9.58. The summed E-state index contributed by atoms with van der Waals surface area (Å²) in [6.07, 6.45) is 11.0. The van der Waals surface area contributed by atoms with Gasteiger partial charge in [-0.3, -0.25) is 9.78 Å². The number of carbonyl (C=O) groups is 1. The lowest BCUT2D eigenvalue weighted by molar-refractivity contribution is -0.123. The first-order chi connectivity index (χ1) is 12.3. The van der Waals surface area contributed by atoms with Gasteiger partial charge in [0.2, 0.25) is 5.91 Å². The van der Waals surface area contributed by atoms with Crippen molar-refractivity contribution in [3.8, 4) is 0 Å². The van der Waals surface area contributed by atoms with Gasteiger partial charge in [-0.25, -0.2) is 0 Å². The number of carbonyl (C=O) groups excluding carboxylic acids is 1. The van der Waals surface area contributed by atoms with Gasteiger partial charge in [0.1, 0.15) is 0 Å². The van der Waals surface area contributed by atoms with Crippen LogP contribution >= 0.6 is 0 Å². The lowest BCUT2D eigenvalue weighted by atomic mass is 9.81. The standard InChI is InChI=1S/C22H26N2O/c25-22(20-14-19(20)18-12-7-13-23-15-18)24-21(16-8-3-1-4-9-16)17-10-5-2-6-11-17/h1,3-4,7-9,12-13,15,17,19-21H,2,5-6,10-11,14H2,(H,24,25)/t19-,20-,21-/m1/s1. The molecule has 3 atom stereocenters. The van der Waals surface area contributed by atoms with Crippen LogP contribution in [0.1, 0.15) is 61.6 Å². The summed E-state index contributed by atoms with van der Waals surface area (Å²) in [5.41, 5.74) is 2.44. The molecular formula is C22H26N2O. The molecule has 2 fully saturated rings. The summed E-state index contributed by atoms with van der Waals surface area (Å²) in [6.45, 7) is 0. The summed E-state index contributed by atoms with van der Waals surface area (Å²) in [6, 6.07) is 14.7. The molecule has 3 nitrogen and oxygen atoms in total. The number of hydrogen-bond donors (Lipinski definition) is 1. The maximum atomic E-state index is 12.9. The van der Waals surface area contributed by atoms with Crippen LogP contribution in [0.25, 0.3) is 0 Å². The average Bonchev–Trinajstić information content (AvgIpc) is 3.49. The Morgan fingerprint density at radius 2 is 1.84 bits per heavy atom. The van der Waals surface area contributed by atoms with Gasteiger partial charge in [-0.15, -0.1) is 0 Å². The highest BCUT2D eigenvalue weighted by Crippen LogP contribution is 2.48. The minimum absolute atomic E-state index is 0.110. The number of hydrogen-bond acceptors (Lipinski definition) is 2. The van der Waals surface area contributed by atoms with Crippen LogP contribution in [-0.4, -0.2) is 10.9 Å². The number of pyridine rings is 1. The highest BCUT2D eigenvalue weighted by atomic mass is 16.2. The van der Waals surface area contributed by atoms with Crippen LogP contribution < -0.4 is 5.32 Å². The lowest BCUT2D eigenvalue weighted by Crippen LogP contribution is -2.35. The van der Waals surface area contributed by atoms with E-state index < -0.39 is 0 Å².